The van der Waals surface area contributed by atoms with E-state index in [-0.39, 0.29) is 5.41 Å². The summed E-state index contributed by atoms with van der Waals surface area (Å²) in [6.45, 7) is 4.53. The van der Waals surface area contributed by atoms with E-state index in [1.807, 2.05) is 35.9 Å². The third kappa shape index (κ3) is 2.19. The van der Waals surface area contributed by atoms with Gasteiger partial charge in [0.2, 0.25) is 0 Å². The Kier molecular flexibility index (Phi) is 3.01. The normalized spacial score (nSPS) is 16.9. The maximum Gasteiger partial charge on any atom is 0.154 e. The van der Waals surface area contributed by atoms with Gasteiger partial charge in [-0.3, -0.25) is 5.21 Å². The summed E-state index contributed by atoms with van der Waals surface area (Å²) in [5.74, 6) is 0.659. The highest BCUT2D eigenvalue weighted by Gasteiger charge is 2.33. The van der Waals surface area contributed by atoms with Gasteiger partial charge < -0.3 is 9.40 Å². The molecule has 0 bridgehead atoms. The van der Waals surface area contributed by atoms with E-state index >= 15 is 0 Å². The van der Waals surface area contributed by atoms with E-state index in [1.54, 1.807) is 0 Å². The molecule has 5 nitrogen and oxygen atoms in total. The number of fused-ring (bicyclic) bond motifs is 1. The van der Waals surface area contributed by atoms with Gasteiger partial charge in [0.15, 0.2) is 5.75 Å². The number of hydrogen-bond donors (Lipinski definition) is 1. The van der Waals surface area contributed by atoms with Crippen LogP contribution in [0.3, 0.4) is 0 Å². The number of nitrogens with zero attached hydrogens (tertiary/aromatic N) is 3. The third-order valence-corrected chi connectivity index (χ3v) is 3.98. The summed E-state index contributed by atoms with van der Waals surface area (Å²) in [6.07, 6.45) is 0. The Morgan fingerprint density at radius 3 is 2.71 bits per heavy atom. The van der Waals surface area contributed by atoms with E-state index in [4.69, 9.17) is 10.1 Å². The summed E-state index contributed by atoms with van der Waals surface area (Å²) < 4.78 is 1.87. The van der Waals surface area contributed by atoms with E-state index in [0.29, 0.717) is 18.0 Å². The summed E-state index contributed by atoms with van der Waals surface area (Å²) in [4.78, 5) is 5.34. The van der Waals surface area contributed by atoms with Crippen molar-refractivity contribution >= 4 is 0 Å². The molecular formula is C16H17N3O2. The van der Waals surface area contributed by atoms with Gasteiger partial charge in [-0.2, -0.15) is 5.26 Å². The fourth-order valence-electron chi connectivity index (χ4n) is 2.78. The van der Waals surface area contributed by atoms with Crippen LogP contribution < -0.4 is 4.84 Å². The molecule has 2 aromatic rings. The molecule has 3 rings (SSSR count). The molecule has 0 radical (unpaired) electrons. The van der Waals surface area contributed by atoms with Crippen molar-refractivity contribution in [3.8, 4) is 23.1 Å². The summed E-state index contributed by atoms with van der Waals surface area (Å²) in [5.41, 5.74) is 3.46. The zero-order valence-corrected chi connectivity index (χ0v) is 12.3. The number of hydroxylamine groups is 2. The first-order valence-corrected chi connectivity index (χ1v) is 6.77. The van der Waals surface area contributed by atoms with Crippen LogP contribution in [-0.4, -0.2) is 21.5 Å². The Labute approximate surface area is 123 Å². The molecule has 0 unspecified atom stereocenters. The topological polar surface area (TPSA) is 61.4 Å². The van der Waals surface area contributed by atoms with Crippen LogP contribution in [0.4, 0.5) is 0 Å². The van der Waals surface area contributed by atoms with E-state index in [2.05, 4.69) is 26.0 Å². The molecule has 0 aliphatic carbocycles. The van der Waals surface area contributed by atoms with Crippen molar-refractivity contribution in [2.45, 2.75) is 19.3 Å². The molecule has 21 heavy (non-hydrogen) atoms. The van der Waals surface area contributed by atoms with Gasteiger partial charge in [0.05, 0.1) is 6.54 Å². The minimum atomic E-state index is -0.221. The highest BCUT2D eigenvalue weighted by Crippen LogP contribution is 2.39. The molecule has 0 atom stereocenters. The number of hydrogen-bond acceptors (Lipinski definition) is 4. The lowest BCUT2D eigenvalue weighted by Gasteiger charge is -2.35. The lowest BCUT2D eigenvalue weighted by molar-refractivity contribution is -0.296. The number of aromatic nitrogens is 1. The maximum atomic E-state index is 9.63. The van der Waals surface area contributed by atoms with E-state index < -0.39 is 0 Å². The SMILES string of the molecule is Cn1c(C#N)ccc1-c1ccc2c(c1)C(C)(C)CN(O)O2. The minimum Gasteiger partial charge on any atom is -0.380 e. The lowest BCUT2D eigenvalue weighted by atomic mass is 9.82. The maximum absolute atomic E-state index is 9.63. The Bertz CT molecular complexity index is 740. The molecule has 1 N–H and O–H groups in total. The summed E-state index contributed by atoms with van der Waals surface area (Å²) in [7, 11) is 1.88. The Hall–Kier alpha value is -2.29. The zero-order valence-electron chi connectivity index (χ0n) is 12.3. The van der Waals surface area contributed by atoms with Crippen LogP contribution in [0.2, 0.25) is 0 Å². The molecule has 2 heterocycles. The molecule has 0 amide bonds. The lowest BCUT2D eigenvalue weighted by Crippen LogP contribution is -2.41. The average molecular weight is 283 g/mol. The Morgan fingerprint density at radius 2 is 2.05 bits per heavy atom. The molecule has 108 valence electrons. The average Bonchev–Trinajstić information content (AvgIpc) is 2.78. The highest BCUT2D eigenvalue weighted by molar-refractivity contribution is 5.65. The smallest absolute Gasteiger partial charge is 0.154 e. The molecule has 0 saturated carbocycles. The number of nitriles is 1. The number of rotatable bonds is 1. The standard InChI is InChI=1S/C16H17N3O2/c1-16(2)10-19(20)21-15-7-4-11(8-13(15)16)14-6-5-12(9-17)18(14)3/h4-8,20H,10H2,1-3H3. The predicted molar refractivity (Wildman–Crippen MR) is 77.7 cm³/mol. The molecule has 1 aromatic heterocycles. The highest BCUT2D eigenvalue weighted by atomic mass is 16.9. The van der Waals surface area contributed by atoms with Gasteiger partial charge in [-0.1, -0.05) is 13.8 Å². The molecule has 0 saturated heterocycles. The Morgan fingerprint density at radius 1 is 1.29 bits per heavy atom. The second kappa shape index (κ2) is 4.62. The second-order valence-corrected chi connectivity index (χ2v) is 5.97. The molecular weight excluding hydrogens is 266 g/mol. The summed E-state index contributed by atoms with van der Waals surface area (Å²) >= 11 is 0. The van der Waals surface area contributed by atoms with Gasteiger partial charge in [-0.15, -0.1) is 0 Å². The molecule has 5 heteroatoms. The van der Waals surface area contributed by atoms with Crippen molar-refractivity contribution in [1.82, 2.24) is 9.79 Å². The van der Waals surface area contributed by atoms with Crippen LogP contribution in [0.5, 0.6) is 5.75 Å². The van der Waals surface area contributed by atoms with Gasteiger partial charge in [0.1, 0.15) is 11.8 Å². The van der Waals surface area contributed by atoms with Gasteiger partial charge >= 0.3 is 0 Å². The van der Waals surface area contributed by atoms with Gasteiger partial charge in [-0.05, 0) is 41.1 Å². The van der Waals surface area contributed by atoms with Crippen LogP contribution in [-0.2, 0) is 12.5 Å². The number of benzene rings is 1. The molecule has 1 aliphatic rings. The van der Waals surface area contributed by atoms with Crippen molar-refractivity contribution < 1.29 is 10.0 Å². The van der Waals surface area contributed by atoms with E-state index in [9.17, 15) is 5.21 Å². The van der Waals surface area contributed by atoms with Crippen LogP contribution in [0, 0.1) is 11.3 Å². The van der Waals surface area contributed by atoms with Crippen molar-refractivity contribution in [3.63, 3.8) is 0 Å². The van der Waals surface area contributed by atoms with Crippen molar-refractivity contribution in [3.05, 3.63) is 41.6 Å². The van der Waals surface area contributed by atoms with Crippen molar-refractivity contribution in [2.75, 3.05) is 6.54 Å². The molecule has 1 aliphatic heterocycles. The van der Waals surface area contributed by atoms with Gasteiger partial charge in [0.25, 0.3) is 0 Å². The quantitative estimate of drug-likeness (QED) is 0.874. The zero-order chi connectivity index (χ0) is 15.2. The second-order valence-electron chi connectivity index (χ2n) is 5.97. The van der Waals surface area contributed by atoms with Gasteiger partial charge in [-0.25, -0.2) is 0 Å². The minimum absolute atomic E-state index is 0.221. The van der Waals surface area contributed by atoms with Crippen LogP contribution in [0.1, 0.15) is 25.1 Å². The first-order valence-electron chi connectivity index (χ1n) is 6.77. The summed E-state index contributed by atoms with van der Waals surface area (Å²) in [6, 6.07) is 11.8. The van der Waals surface area contributed by atoms with Crippen LogP contribution in [0.15, 0.2) is 30.3 Å². The first kappa shape index (κ1) is 13.7. The summed E-state index contributed by atoms with van der Waals surface area (Å²) in [5, 5.41) is 19.6. The van der Waals surface area contributed by atoms with Crippen molar-refractivity contribution in [1.29, 1.82) is 5.26 Å². The third-order valence-electron chi connectivity index (χ3n) is 3.98. The first-order chi connectivity index (χ1) is 9.92. The van der Waals surface area contributed by atoms with Gasteiger partial charge in [0, 0.05) is 23.7 Å². The Balaban J connectivity index is 2.11. The van der Waals surface area contributed by atoms with Crippen LogP contribution in [0.25, 0.3) is 11.3 Å². The van der Waals surface area contributed by atoms with E-state index in [0.717, 1.165) is 22.0 Å². The predicted octanol–water partition coefficient (Wildman–Crippen LogP) is 2.84. The fraction of sp³-hybridized carbons (Fsp3) is 0.312. The molecule has 0 spiro atoms. The van der Waals surface area contributed by atoms with Crippen LogP contribution >= 0.6 is 0 Å². The molecule has 0 fully saturated rings. The monoisotopic (exact) mass is 283 g/mol. The van der Waals surface area contributed by atoms with E-state index in [1.165, 1.54) is 0 Å². The van der Waals surface area contributed by atoms with Crippen molar-refractivity contribution in [2.24, 2.45) is 7.05 Å². The fourth-order valence-corrected chi connectivity index (χ4v) is 2.78. The molecule has 1 aromatic carbocycles. The largest absolute Gasteiger partial charge is 0.380 e.